The Morgan fingerprint density at radius 3 is 1.15 bits per heavy atom. The van der Waals surface area contributed by atoms with Gasteiger partial charge in [-0.05, 0) is 33.1 Å². The fourth-order valence-corrected chi connectivity index (χ4v) is 4.19. The first-order valence-electron chi connectivity index (χ1n) is 16.5. The lowest BCUT2D eigenvalue weighted by molar-refractivity contribution is -0.160. The van der Waals surface area contributed by atoms with Gasteiger partial charge in [-0.3, -0.25) is 14.4 Å². The van der Waals surface area contributed by atoms with Crippen molar-refractivity contribution in [1.82, 2.24) is 0 Å². The van der Waals surface area contributed by atoms with Gasteiger partial charge in [-0.25, -0.2) is 0 Å². The van der Waals surface area contributed by atoms with E-state index in [1.165, 1.54) is 0 Å². The number of esters is 2. The SMILES string of the molecule is CCC(C)(C)C(=O)OCCOCCOCCOCCOCCOCCOCCOCCOCCOC(=O)C1CCCCC1C(=O)O. The molecule has 0 aliphatic heterocycles. The molecule has 0 aromatic carbocycles. The Hall–Kier alpha value is -1.91. The molecule has 0 radical (unpaired) electrons. The van der Waals surface area contributed by atoms with E-state index < -0.39 is 29.2 Å². The van der Waals surface area contributed by atoms with Crippen molar-refractivity contribution < 1.29 is 66.9 Å². The van der Waals surface area contributed by atoms with Crippen LogP contribution in [-0.2, 0) is 61.8 Å². The zero-order valence-corrected chi connectivity index (χ0v) is 28.2. The summed E-state index contributed by atoms with van der Waals surface area (Å²) in [6.07, 6.45) is 3.48. The Balaban J connectivity index is 1.72. The van der Waals surface area contributed by atoms with E-state index >= 15 is 0 Å². The number of ether oxygens (including phenoxy) is 10. The van der Waals surface area contributed by atoms with E-state index in [0.29, 0.717) is 112 Å². The van der Waals surface area contributed by atoms with Crippen LogP contribution in [0.2, 0.25) is 0 Å². The second kappa shape index (κ2) is 28.1. The smallest absolute Gasteiger partial charge is 0.311 e. The maximum Gasteiger partial charge on any atom is 0.311 e. The third-order valence-corrected chi connectivity index (χ3v) is 7.36. The van der Waals surface area contributed by atoms with E-state index in [9.17, 15) is 19.5 Å². The fourth-order valence-electron chi connectivity index (χ4n) is 4.19. The van der Waals surface area contributed by atoms with Crippen LogP contribution in [0, 0.1) is 17.3 Å². The van der Waals surface area contributed by atoms with Gasteiger partial charge >= 0.3 is 17.9 Å². The van der Waals surface area contributed by atoms with Gasteiger partial charge in [-0.1, -0.05) is 19.8 Å². The summed E-state index contributed by atoms with van der Waals surface area (Å²) < 4.78 is 53.8. The zero-order chi connectivity index (χ0) is 33.7. The third-order valence-electron chi connectivity index (χ3n) is 7.36. The summed E-state index contributed by atoms with van der Waals surface area (Å²) in [7, 11) is 0. The monoisotopic (exact) mass is 666 g/mol. The molecule has 1 aliphatic rings. The second-order valence-corrected chi connectivity index (χ2v) is 11.3. The summed E-state index contributed by atoms with van der Waals surface area (Å²) in [5, 5.41) is 9.27. The molecule has 270 valence electrons. The van der Waals surface area contributed by atoms with Gasteiger partial charge in [-0.15, -0.1) is 0 Å². The van der Waals surface area contributed by atoms with Gasteiger partial charge in [-0.2, -0.15) is 0 Å². The minimum absolute atomic E-state index is 0.0958. The Labute approximate surface area is 273 Å². The molecule has 1 N–H and O–H groups in total. The minimum Gasteiger partial charge on any atom is -0.481 e. The third kappa shape index (κ3) is 21.8. The van der Waals surface area contributed by atoms with Crippen LogP contribution in [-0.4, -0.2) is 142 Å². The van der Waals surface area contributed by atoms with Gasteiger partial charge in [0, 0.05) is 0 Å². The van der Waals surface area contributed by atoms with Gasteiger partial charge in [0.15, 0.2) is 0 Å². The number of carbonyl (C=O) groups excluding carboxylic acids is 2. The molecule has 1 aliphatic carbocycles. The molecule has 14 nitrogen and oxygen atoms in total. The quantitative estimate of drug-likeness (QED) is 0.0848. The summed E-state index contributed by atoms with van der Waals surface area (Å²) in [5.74, 6) is -2.80. The van der Waals surface area contributed by atoms with Crippen LogP contribution in [0.15, 0.2) is 0 Å². The molecule has 1 saturated carbocycles. The maximum absolute atomic E-state index is 12.2. The highest BCUT2D eigenvalue weighted by Crippen LogP contribution is 2.31. The fraction of sp³-hybridized carbons (Fsp3) is 0.906. The molecule has 0 saturated heterocycles. The normalized spacial score (nSPS) is 16.8. The molecule has 14 heteroatoms. The highest BCUT2D eigenvalue weighted by Gasteiger charge is 2.36. The van der Waals surface area contributed by atoms with Crippen molar-refractivity contribution in [2.45, 2.75) is 52.9 Å². The van der Waals surface area contributed by atoms with Gasteiger partial charge in [0.05, 0.1) is 123 Å². The molecule has 0 amide bonds. The summed E-state index contributed by atoms with van der Waals surface area (Å²) in [6.45, 7) is 12.8. The van der Waals surface area contributed by atoms with Crippen LogP contribution in [0.1, 0.15) is 52.9 Å². The van der Waals surface area contributed by atoms with Crippen LogP contribution in [0.25, 0.3) is 0 Å². The standard InChI is InChI=1S/C32H58O14/c1-4-32(2,3)31(36)46-26-24-44-22-20-42-18-16-40-14-12-38-10-9-37-11-13-39-15-17-41-19-21-43-23-25-45-30(35)28-8-6-5-7-27(28)29(33)34/h27-28H,4-26H2,1-3H3,(H,33,34). The van der Waals surface area contributed by atoms with Crippen molar-refractivity contribution in [3.8, 4) is 0 Å². The number of carbonyl (C=O) groups is 3. The Morgan fingerprint density at radius 2 is 0.826 bits per heavy atom. The molecule has 1 fully saturated rings. The van der Waals surface area contributed by atoms with Crippen LogP contribution in [0.4, 0.5) is 0 Å². The Kier molecular flexibility index (Phi) is 25.8. The molecular weight excluding hydrogens is 608 g/mol. The summed E-state index contributed by atoms with van der Waals surface area (Å²) in [6, 6.07) is 0. The molecule has 0 bridgehead atoms. The summed E-state index contributed by atoms with van der Waals surface area (Å²) in [5.41, 5.74) is -0.465. The van der Waals surface area contributed by atoms with Crippen molar-refractivity contribution in [2.75, 3.05) is 119 Å². The first-order valence-corrected chi connectivity index (χ1v) is 16.5. The largest absolute Gasteiger partial charge is 0.481 e. The van der Waals surface area contributed by atoms with E-state index in [0.717, 1.165) is 19.3 Å². The molecule has 2 atom stereocenters. The molecule has 2 unspecified atom stereocenters. The van der Waals surface area contributed by atoms with Crippen LogP contribution < -0.4 is 0 Å². The molecule has 0 aromatic rings. The first-order chi connectivity index (χ1) is 22.3. The van der Waals surface area contributed by atoms with Gasteiger partial charge in [0.25, 0.3) is 0 Å². The van der Waals surface area contributed by atoms with Crippen molar-refractivity contribution in [2.24, 2.45) is 17.3 Å². The maximum atomic E-state index is 12.2. The molecular formula is C32H58O14. The second-order valence-electron chi connectivity index (χ2n) is 11.3. The lowest BCUT2D eigenvalue weighted by atomic mass is 9.79. The average Bonchev–Trinajstić information content (AvgIpc) is 3.05. The lowest BCUT2D eigenvalue weighted by Gasteiger charge is -2.26. The van der Waals surface area contributed by atoms with Crippen molar-refractivity contribution >= 4 is 17.9 Å². The summed E-state index contributed by atoms with van der Waals surface area (Å²) >= 11 is 0. The Morgan fingerprint density at radius 1 is 0.522 bits per heavy atom. The van der Waals surface area contributed by atoms with Crippen molar-refractivity contribution in [3.05, 3.63) is 0 Å². The van der Waals surface area contributed by atoms with E-state index in [2.05, 4.69) is 0 Å². The Bertz CT molecular complexity index is 778. The minimum atomic E-state index is -0.931. The number of aliphatic carboxylic acids is 1. The highest BCUT2D eigenvalue weighted by molar-refractivity contribution is 5.81. The van der Waals surface area contributed by atoms with Crippen molar-refractivity contribution in [3.63, 3.8) is 0 Å². The first kappa shape index (κ1) is 42.1. The van der Waals surface area contributed by atoms with Gasteiger partial charge < -0.3 is 52.5 Å². The summed E-state index contributed by atoms with van der Waals surface area (Å²) in [4.78, 5) is 35.3. The number of hydrogen-bond donors (Lipinski definition) is 1. The lowest BCUT2D eigenvalue weighted by Crippen LogP contribution is -2.34. The topological polar surface area (TPSA) is 164 Å². The van der Waals surface area contributed by atoms with Crippen molar-refractivity contribution in [1.29, 1.82) is 0 Å². The van der Waals surface area contributed by atoms with Crippen LogP contribution in [0.5, 0.6) is 0 Å². The number of hydrogen-bond acceptors (Lipinski definition) is 13. The average molecular weight is 667 g/mol. The van der Waals surface area contributed by atoms with Gasteiger partial charge in [0.2, 0.25) is 0 Å². The van der Waals surface area contributed by atoms with Crippen LogP contribution in [0.3, 0.4) is 0 Å². The van der Waals surface area contributed by atoms with E-state index in [1.54, 1.807) is 0 Å². The molecule has 0 heterocycles. The molecule has 46 heavy (non-hydrogen) atoms. The van der Waals surface area contributed by atoms with E-state index in [-0.39, 0.29) is 25.8 Å². The number of rotatable bonds is 31. The zero-order valence-electron chi connectivity index (χ0n) is 28.2. The van der Waals surface area contributed by atoms with E-state index in [1.807, 2.05) is 20.8 Å². The van der Waals surface area contributed by atoms with Crippen LogP contribution >= 0.6 is 0 Å². The number of carboxylic acids is 1. The molecule has 1 rings (SSSR count). The van der Waals surface area contributed by atoms with Gasteiger partial charge in [0.1, 0.15) is 13.2 Å². The molecule has 0 spiro atoms. The molecule has 0 aromatic heterocycles. The predicted octanol–water partition coefficient (Wildman–Crippen LogP) is 2.53. The van der Waals surface area contributed by atoms with E-state index in [4.69, 9.17) is 47.4 Å². The number of carboxylic acid groups (broad SMARTS) is 1. The predicted molar refractivity (Wildman–Crippen MR) is 166 cm³/mol. The highest BCUT2D eigenvalue weighted by atomic mass is 16.6.